The normalized spacial score (nSPS) is 11.6. The van der Waals surface area contributed by atoms with Crippen molar-refractivity contribution in [2.75, 3.05) is 14.2 Å². The van der Waals surface area contributed by atoms with E-state index in [1.54, 1.807) is 14.2 Å². The van der Waals surface area contributed by atoms with Crippen LogP contribution in [0.2, 0.25) is 0 Å². The van der Waals surface area contributed by atoms with E-state index in [2.05, 4.69) is 0 Å². The number of hydrogen-bond donors (Lipinski definition) is 0. The Kier molecular flexibility index (Phi) is 7.16. The zero-order valence-corrected chi connectivity index (χ0v) is 14.4. The molecule has 0 N–H and O–H groups in total. The van der Waals surface area contributed by atoms with Crippen molar-refractivity contribution in [3.8, 4) is 5.75 Å². The molecule has 0 aliphatic carbocycles. The van der Waals surface area contributed by atoms with Crippen LogP contribution in [0.25, 0.3) is 0 Å². The first kappa shape index (κ1) is 18.7. The van der Waals surface area contributed by atoms with Gasteiger partial charge in [0, 0.05) is 13.5 Å². The predicted octanol–water partition coefficient (Wildman–Crippen LogP) is 3.48. The minimum absolute atomic E-state index is 0.0676. The maximum absolute atomic E-state index is 12.0. The van der Waals surface area contributed by atoms with Gasteiger partial charge in [0.05, 0.1) is 13.2 Å². The second-order valence-corrected chi connectivity index (χ2v) is 5.52. The summed E-state index contributed by atoms with van der Waals surface area (Å²) in [4.78, 5) is 23.8. The topological polar surface area (TPSA) is 61.8 Å². The predicted molar refractivity (Wildman–Crippen MR) is 93.2 cm³/mol. The number of carbonyl (C=O) groups excluding carboxylic acids is 2. The summed E-state index contributed by atoms with van der Waals surface area (Å²) in [5.74, 6) is -0.612. The number of ketones is 1. The van der Waals surface area contributed by atoms with E-state index in [9.17, 15) is 9.59 Å². The highest BCUT2D eigenvalue weighted by Crippen LogP contribution is 2.24. The van der Waals surface area contributed by atoms with Crippen LogP contribution < -0.4 is 4.74 Å². The van der Waals surface area contributed by atoms with E-state index in [0.717, 1.165) is 16.9 Å². The van der Waals surface area contributed by atoms with E-state index >= 15 is 0 Å². The van der Waals surface area contributed by atoms with E-state index in [1.807, 2.05) is 54.6 Å². The Bertz CT molecular complexity index is 679. The lowest BCUT2D eigenvalue weighted by molar-refractivity contribution is -0.155. The molecule has 0 fully saturated rings. The van der Waals surface area contributed by atoms with E-state index in [-0.39, 0.29) is 19.1 Å². The largest absolute Gasteiger partial charge is 0.497 e. The maximum Gasteiger partial charge on any atom is 0.374 e. The van der Waals surface area contributed by atoms with Gasteiger partial charge in [0.25, 0.3) is 0 Å². The van der Waals surface area contributed by atoms with Gasteiger partial charge >= 0.3 is 5.97 Å². The van der Waals surface area contributed by atoms with Crippen molar-refractivity contribution in [2.45, 2.75) is 25.6 Å². The molecule has 0 saturated carbocycles. The smallest absolute Gasteiger partial charge is 0.374 e. The molecule has 5 heteroatoms. The van der Waals surface area contributed by atoms with Gasteiger partial charge in [-0.05, 0) is 29.7 Å². The molecule has 0 heterocycles. The van der Waals surface area contributed by atoms with Gasteiger partial charge in [-0.15, -0.1) is 0 Å². The van der Waals surface area contributed by atoms with Crippen LogP contribution in [0.5, 0.6) is 5.75 Å². The monoisotopic (exact) mass is 342 g/mol. The third-order valence-corrected chi connectivity index (χ3v) is 3.85. The summed E-state index contributed by atoms with van der Waals surface area (Å²) in [5, 5.41) is 0. The SMILES string of the molecule is COc1ccc(C(CCC(=O)C(=O)OCc2ccccc2)OC)cc1. The van der Waals surface area contributed by atoms with Crippen molar-refractivity contribution < 1.29 is 23.8 Å². The number of esters is 1. The molecule has 0 aromatic heterocycles. The molecule has 1 unspecified atom stereocenters. The first-order valence-electron chi connectivity index (χ1n) is 8.04. The molecule has 0 aliphatic rings. The van der Waals surface area contributed by atoms with Crippen LogP contribution >= 0.6 is 0 Å². The standard InChI is InChI=1S/C20H22O5/c1-23-17-10-8-16(9-11-17)19(24-2)13-12-18(21)20(22)25-14-15-6-4-3-5-7-15/h3-11,19H,12-14H2,1-2H3. The summed E-state index contributed by atoms with van der Waals surface area (Å²) < 4.78 is 15.6. The van der Waals surface area contributed by atoms with Gasteiger partial charge < -0.3 is 14.2 Å². The van der Waals surface area contributed by atoms with Crippen LogP contribution in [0.4, 0.5) is 0 Å². The average molecular weight is 342 g/mol. The molecule has 0 aliphatic heterocycles. The highest BCUT2D eigenvalue weighted by atomic mass is 16.5. The summed E-state index contributed by atoms with van der Waals surface area (Å²) >= 11 is 0. The lowest BCUT2D eigenvalue weighted by Crippen LogP contribution is -2.18. The van der Waals surface area contributed by atoms with Crippen molar-refractivity contribution in [3.63, 3.8) is 0 Å². The molecule has 1 atom stereocenters. The second kappa shape index (κ2) is 9.59. The third kappa shape index (κ3) is 5.72. The van der Waals surface area contributed by atoms with Crippen LogP contribution in [0, 0.1) is 0 Å². The molecule has 5 nitrogen and oxygen atoms in total. The summed E-state index contributed by atoms with van der Waals surface area (Å²) in [6.45, 7) is 0.0948. The quantitative estimate of drug-likeness (QED) is 0.516. The fourth-order valence-electron chi connectivity index (χ4n) is 2.41. The Balaban J connectivity index is 1.83. The van der Waals surface area contributed by atoms with Gasteiger partial charge in [0.15, 0.2) is 0 Å². The highest BCUT2D eigenvalue weighted by molar-refractivity contribution is 6.33. The molecule has 0 spiro atoms. The van der Waals surface area contributed by atoms with Gasteiger partial charge in [0.2, 0.25) is 5.78 Å². The number of hydrogen-bond acceptors (Lipinski definition) is 5. The molecule has 0 bridgehead atoms. The fraction of sp³-hybridized carbons (Fsp3) is 0.300. The second-order valence-electron chi connectivity index (χ2n) is 5.52. The van der Waals surface area contributed by atoms with E-state index in [4.69, 9.17) is 14.2 Å². The van der Waals surface area contributed by atoms with Crippen LogP contribution in [-0.4, -0.2) is 26.0 Å². The molecule has 0 amide bonds. The number of carbonyl (C=O) groups is 2. The Hall–Kier alpha value is -2.66. The van der Waals surface area contributed by atoms with Crippen LogP contribution in [0.3, 0.4) is 0 Å². The molecule has 132 valence electrons. The lowest BCUT2D eigenvalue weighted by atomic mass is 10.0. The average Bonchev–Trinajstić information content (AvgIpc) is 2.67. The molecule has 0 radical (unpaired) electrons. The number of rotatable bonds is 9. The summed E-state index contributed by atoms with van der Waals surface area (Å²) in [6, 6.07) is 16.7. The molecular weight excluding hydrogens is 320 g/mol. The van der Waals surface area contributed by atoms with Crippen molar-refractivity contribution in [1.82, 2.24) is 0 Å². The molecule has 25 heavy (non-hydrogen) atoms. The summed E-state index contributed by atoms with van der Waals surface area (Å²) in [6.07, 6.45) is 0.206. The number of methoxy groups -OCH3 is 2. The molecule has 2 rings (SSSR count). The van der Waals surface area contributed by atoms with E-state index < -0.39 is 11.8 Å². The van der Waals surface area contributed by atoms with Gasteiger partial charge in [-0.2, -0.15) is 0 Å². The minimum Gasteiger partial charge on any atom is -0.497 e. The zero-order chi connectivity index (χ0) is 18.1. The zero-order valence-electron chi connectivity index (χ0n) is 14.4. The van der Waals surface area contributed by atoms with E-state index in [1.165, 1.54) is 0 Å². The molecule has 2 aromatic rings. The minimum atomic E-state index is -0.812. The summed E-state index contributed by atoms with van der Waals surface area (Å²) in [7, 11) is 3.18. The van der Waals surface area contributed by atoms with Gasteiger partial charge in [-0.1, -0.05) is 42.5 Å². The molecule has 2 aromatic carbocycles. The third-order valence-electron chi connectivity index (χ3n) is 3.85. The Morgan fingerprint density at radius 3 is 2.24 bits per heavy atom. The van der Waals surface area contributed by atoms with Gasteiger partial charge in [-0.3, -0.25) is 4.79 Å². The van der Waals surface area contributed by atoms with Gasteiger partial charge in [0.1, 0.15) is 12.4 Å². The lowest BCUT2D eigenvalue weighted by Gasteiger charge is -2.15. The fourth-order valence-corrected chi connectivity index (χ4v) is 2.41. The first-order valence-corrected chi connectivity index (χ1v) is 8.04. The number of ether oxygens (including phenoxy) is 3. The van der Waals surface area contributed by atoms with Crippen LogP contribution in [0.15, 0.2) is 54.6 Å². The molecule has 0 saturated heterocycles. The van der Waals surface area contributed by atoms with Crippen LogP contribution in [-0.2, 0) is 25.7 Å². The maximum atomic E-state index is 12.0. The van der Waals surface area contributed by atoms with Crippen LogP contribution in [0.1, 0.15) is 30.1 Å². The highest BCUT2D eigenvalue weighted by Gasteiger charge is 2.19. The molecular formula is C20H22O5. The van der Waals surface area contributed by atoms with Crippen molar-refractivity contribution in [2.24, 2.45) is 0 Å². The first-order chi connectivity index (χ1) is 12.1. The number of benzene rings is 2. The van der Waals surface area contributed by atoms with Gasteiger partial charge in [-0.25, -0.2) is 4.79 Å². The van der Waals surface area contributed by atoms with Crippen molar-refractivity contribution in [1.29, 1.82) is 0 Å². The van der Waals surface area contributed by atoms with Crippen molar-refractivity contribution in [3.05, 3.63) is 65.7 Å². The Morgan fingerprint density at radius 2 is 1.64 bits per heavy atom. The number of Topliss-reactive ketones (excluding diaryl/α,β-unsaturated/α-hetero) is 1. The Morgan fingerprint density at radius 1 is 0.960 bits per heavy atom. The Labute approximate surface area is 147 Å². The van der Waals surface area contributed by atoms with E-state index in [0.29, 0.717) is 6.42 Å². The van der Waals surface area contributed by atoms with Crippen molar-refractivity contribution >= 4 is 11.8 Å². The summed E-state index contributed by atoms with van der Waals surface area (Å²) in [5.41, 5.74) is 1.77.